The molecule has 0 fully saturated rings. The molecule has 98 valence electrons. The van der Waals surface area contributed by atoms with E-state index in [-0.39, 0.29) is 25.0 Å². The summed E-state index contributed by atoms with van der Waals surface area (Å²) in [6.07, 6.45) is 2.76. The molecule has 0 aliphatic rings. The lowest BCUT2D eigenvalue weighted by molar-refractivity contribution is -0.137. The fourth-order valence-corrected chi connectivity index (χ4v) is 1.20. The minimum Gasteiger partial charge on any atom is -0.481 e. The number of hydrogen-bond acceptors (Lipinski definition) is 3. The number of carbonyl (C=O) groups is 2. The first-order valence-corrected chi connectivity index (χ1v) is 5.55. The van der Waals surface area contributed by atoms with Crippen molar-refractivity contribution in [2.75, 3.05) is 19.7 Å². The third-order valence-electron chi connectivity index (χ3n) is 2.16. The summed E-state index contributed by atoms with van der Waals surface area (Å²) >= 11 is 0. The maximum Gasteiger partial charge on any atom is 0.314 e. The van der Waals surface area contributed by atoms with E-state index in [1.54, 1.807) is 6.08 Å². The van der Waals surface area contributed by atoms with E-state index in [1.807, 2.05) is 0 Å². The summed E-state index contributed by atoms with van der Waals surface area (Å²) in [5.41, 5.74) is 0. The van der Waals surface area contributed by atoms with Gasteiger partial charge in [-0.1, -0.05) is 6.08 Å². The van der Waals surface area contributed by atoms with E-state index in [0.717, 1.165) is 0 Å². The molecular weight excluding hydrogens is 224 g/mol. The molecule has 0 saturated carbocycles. The molecule has 0 aliphatic heterocycles. The molecule has 0 bridgehead atoms. The Hall–Kier alpha value is -1.56. The van der Waals surface area contributed by atoms with Gasteiger partial charge in [-0.05, 0) is 12.8 Å². The Kier molecular flexibility index (Phi) is 8.77. The second kappa shape index (κ2) is 9.65. The Bertz CT molecular complexity index is 256. The summed E-state index contributed by atoms with van der Waals surface area (Å²) in [6.45, 7) is 4.24. The maximum atomic E-state index is 11.2. The Morgan fingerprint density at radius 1 is 1.35 bits per heavy atom. The van der Waals surface area contributed by atoms with Crippen molar-refractivity contribution in [2.24, 2.45) is 5.92 Å². The molecule has 17 heavy (non-hydrogen) atoms. The molecule has 4 N–H and O–H groups in total. The summed E-state index contributed by atoms with van der Waals surface area (Å²) in [7, 11) is 0. The third kappa shape index (κ3) is 9.37. The van der Waals surface area contributed by atoms with Crippen LogP contribution in [0.5, 0.6) is 0 Å². The summed E-state index contributed by atoms with van der Waals surface area (Å²) in [6, 6.07) is -0.349. The van der Waals surface area contributed by atoms with Crippen molar-refractivity contribution >= 4 is 12.0 Å². The molecule has 0 aromatic heterocycles. The van der Waals surface area contributed by atoms with Gasteiger partial charge in [-0.2, -0.15) is 0 Å². The quantitative estimate of drug-likeness (QED) is 0.347. The number of aliphatic carboxylic acids is 1. The second-order valence-electron chi connectivity index (χ2n) is 3.71. The third-order valence-corrected chi connectivity index (χ3v) is 2.16. The van der Waals surface area contributed by atoms with Gasteiger partial charge in [-0.15, -0.1) is 6.58 Å². The Labute approximate surface area is 101 Å². The van der Waals surface area contributed by atoms with Crippen molar-refractivity contribution in [3.63, 3.8) is 0 Å². The average molecular weight is 244 g/mol. The molecule has 0 rings (SSSR count). The van der Waals surface area contributed by atoms with Gasteiger partial charge < -0.3 is 20.8 Å². The van der Waals surface area contributed by atoms with Gasteiger partial charge in [0.15, 0.2) is 0 Å². The van der Waals surface area contributed by atoms with E-state index < -0.39 is 5.97 Å². The smallest absolute Gasteiger partial charge is 0.314 e. The van der Waals surface area contributed by atoms with Crippen LogP contribution in [0, 0.1) is 5.92 Å². The number of carbonyl (C=O) groups excluding carboxylic acids is 1. The van der Waals surface area contributed by atoms with Crippen LogP contribution in [-0.4, -0.2) is 41.9 Å². The Morgan fingerprint density at radius 2 is 2.06 bits per heavy atom. The number of aliphatic hydroxyl groups excluding tert-OH is 1. The first-order valence-electron chi connectivity index (χ1n) is 5.55. The van der Waals surface area contributed by atoms with Gasteiger partial charge in [-0.25, -0.2) is 4.79 Å². The highest BCUT2D eigenvalue weighted by Crippen LogP contribution is 2.00. The number of urea groups is 1. The normalized spacial score (nSPS) is 11.6. The van der Waals surface area contributed by atoms with Gasteiger partial charge >= 0.3 is 12.0 Å². The molecule has 0 radical (unpaired) electrons. The molecule has 1 unspecified atom stereocenters. The summed E-state index contributed by atoms with van der Waals surface area (Å²) in [5, 5.41) is 22.5. The molecule has 0 aliphatic carbocycles. The fraction of sp³-hybridized carbons (Fsp3) is 0.636. The van der Waals surface area contributed by atoms with Crippen LogP contribution in [-0.2, 0) is 4.79 Å². The molecule has 0 saturated heterocycles. The number of carboxylic acids is 1. The highest BCUT2D eigenvalue weighted by molar-refractivity contribution is 5.73. The van der Waals surface area contributed by atoms with Crippen LogP contribution in [0.2, 0.25) is 0 Å². The van der Waals surface area contributed by atoms with Crippen LogP contribution >= 0.6 is 0 Å². The molecular formula is C11H20N2O4. The zero-order chi connectivity index (χ0) is 13.1. The van der Waals surface area contributed by atoms with Crippen LogP contribution in [0.15, 0.2) is 12.7 Å². The first kappa shape index (κ1) is 15.4. The lowest BCUT2D eigenvalue weighted by Gasteiger charge is -2.13. The van der Waals surface area contributed by atoms with Crippen molar-refractivity contribution in [1.29, 1.82) is 0 Å². The van der Waals surface area contributed by atoms with Crippen molar-refractivity contribution in [3.05, 3.63) is 12.7 Å². The SMILES string of the molecule is C=CCC(CO)CNC(=O)NCCCC(=O)O. The van der Waals surface area contributed by atoms with E-state index in [4.69, 9.17) is 10.2 Å². The molecule has 2 amide bonds. The van der Waals surface area contributed by atoms with Gasteiger partial charge in [0, 0.05) is 32.0 Å². The Morgan fingerprint density at radius 3 is 2.59 bits per heavy atom. The van der Waals surface area contributed by atoms with Gasteiger partial charge in [0.2, 0.25) is 0 Å². The highest BCUT2D eigenvalue weighted by Gasteiger charge is 2.07. The largest absolute Gasteiger partial charge is 0.481 e. The predicted octanol–water partition coefficient (Wildman–Crippen LogP) is 0.335. The van der Waals surface area contributed by atoms with Crippen LogP contribution in [0.25, 0.3) is 0 Å². The van der Waals surface area contributed by atoms with E-state index in [0.29, 0.717) is 25.9 Å². The van der Waals surface area contributed by atoms with Crippen molar-refractivity contribution < 1.29 is 19.8 Å². The van der Waals surface area contributed by atoms with E-state index in [9.17, 15) is 9.59 Å². The molecule has 0 spiro atoms. The number of hydrogen-bond donors (Lipinski definition) is 4. The molecule has 0 aromatic rings. The second-order valence-corrected chi connectivity index (χ2v) is 3.71. The number of rotatable bonds is 9. The van der Waals surface area contributed by atoms with Gasteiger partial charge in [0.1, 0.15) is 0 Å². The number of amides is 2. The number of carboxylic acid groups (broad SMARTS) is 1. The highest BCUT2D eigenvalue weighted by atomic mass is 16.4. The average Bonchev–Trinajstić information content (AvgIpc) is 2.29. The number of nitrogens with one attached hydrogen (secondary N) is 2. The topological polar surface area (TPSA) is 98.7 Å². The van der Waals surface area contributed by atoms with Crippen LogP contribution in [0.3, 0.4) is 0 Å². The Balaban J connectivity index is 3.57. The minimum absolute atomic E-state index is 0.00862. The predicted molar refractivity (Wildman–Crippen MR) is 63.7 cm³/mol. The van der Waals surface area contributed by atoms with E-state index in [2.05, 4.69) is 17.2 Å². The van der Waals surface area contributed by atoms with E-state index >= 15 is 0 Å². The lowest BCUT2D eigenvalue weighted by atomic mass is 10.1. The molecule has 0 aromatic carbocycles. The van der Waals surface area contributed by atoms with Gasteiger partial charge in [0.25, 0.3) is 0 Å². The molecule has 6 heteroatoms. The summed E-state index contributed by atoms with van der Waals surface area (Å²) < 4.78 is 0. The van der Waals surface area contributed by atoms with Crippen molar-refractivity contribution in [3.8, 4) is 0 Å². The van der Waals surface area contributed by atoms with Crippen LogP contribution in [0.4, 0.5) is 4.79 Å². The standard InChI is InChI=1S/C11H20N2O4/c1-2-4-9(8-14)7-13-11(17)12-6-3-5-10(15)16/h2,9,14H,1,3-8H2,(H,15,16)(H2,12,13,17). The maximum absolute atomic E-state index is 11.2. The zero-order valence-electron chi connectivity index (χ0n) is 9.82. The fourth-order valence-electron chi connectivity index (χ4n) is 1.20. The van der Waals surface area contributed by atoms with Gasteiger partial charge in [-0.3, -0.25) is 4.79 Å². The number of allylic oxidation sites excluding steroid dienone is 1. The summed E-state index contributed by atoms with van der Waals surface area (Å²) in [4.78, 5) is 21.4. The van der Waals surface area contributed by atoms with Crippen LogP contribution in [0.1, 0.15) is 19.3 Å². The monoisotopic (exact) mass is 244 g/mol. The lowest BCUT2D eigenvalue weighted by Crippen LogP contribution is -2.39. The minimum atomic E-state index is -0.876. The number of aliphatic hydroxyl groups is 1. The summed E-state index contributed by atoms with van der Waals surface area (Å²) in [5.74, 6) is -0.907. The van der Waals surface area contributed by atoms with Gasteiger partial charge in [0.05, 0.1) is 0 Å². The molecule has 0 heterocycles. The first-order chi connectivity index (χ1) is 8.10. The van der Waals surface area contributed by atoms with Crippen LogP contribution < -0.4 is 10.6 Å². The molecule has 6 nitrogen and oxygen atoms in total. The van der Waals surface area contributed by atoms with Crippen molar-refractivity contribution in [1.82, 2.24) is 10.6 Å². The van der Waals surface area contributed by atoms with Crippen molar-refractivity contribution in [2.45, 2.75) is 19.3 Å². The molecule has 1 atom stereocenters. The van der Waals surface area contributed by atoms with E-state index in [1.165, 1.54) is 0 Å². The zero-order valence-corrected chi connectivity index (χ0v) is 9.82.